The summed E-state index contributed by atoms with van der Waals surface area (Å²) in [6.45, 7) is 5.81. The molecule has 0 fully saturated rings. The molecule has 0 aliphatic carbocycles. The standard InChI is InChI=1S/2C2HF3O2.2C2H3.Sn/c2*3-2(4,5)1(6)7;2*1-2;/h2*(H,6,7);2*1H,2H2;/q;;;;+2/p-2. The Morgan fingerprint density at radius 1 is 0.842 bits per heavy atom. The first-order valence-electron chi connectivity index (χ1n) is 4.25. The third kappa shape index (κ3) is 5.12. The fourth-order valence-electron chi connectivity index (χ4n) is 0.676. The van der Waals surface area contributed by atoms with Gasteiger partial charge in [-0.15, -0.1) is 0 Å². The van der Waals surface area contributed by atoms with E-state index >= 15 is 0 Å². The fraction of sp³-hybridized carbons (Fsp3) is 0.250. The molecule has 0 heterocycles. The number of alkyl halides is 6. The minimum atomic E-state index is -5.54. The van der Waals surface area contributed by atoms with Gasteiger partial charge in [0.15, 0.2) is 0 Å². The molecule has 108 valence electrons. The second kappa shape index (κ2) is 5.84. The number of carbonyl (C=O) groups is 2. The van der Waals surface area contributed by atoms with Crippen LogP contribution in [0.5, 0.6) is 0 Å². The van der Waals surface area contributed by atoms with Crippen molar-refractivity contribution >= 4 is 31.1 Å². The average molecular weight is 399 g/mol. The quantitative estimate of drug-likeness (QED) is 0.537. The van der Waals surface area contributed by atoms with Gasteiger partial charge in [-0.05, 0) is 0 Å². The molecule has 0 saturated carbocycles. The van der Waals surface area contributed by atoms with Crippen molar-refractivity contribution < 1.29 is 42.1 Å². The molecule has 0 aliphatic heterocycles. The molecule has 19 heavy (non-hydrogen) atoms. The van der Waals surface area contributed by atoms with Crippen LogP contribution in [0.2, 0.25) is 0 Å². The Morgan fingerprint density at radius 2 is 1.11 bits per heavy atom. The van der Waals surface area contributed by atoms with E-state index < -0.39 is 43.5 Å². The second-order valence-electron chi connectivity index (χ2n) is 2.90. The van der Waals surface area contributed by atoms with E-state index in [2.05, 4.69) is 19.3 Å². The molecule has 0 spiro atoms. The number of carbonyl (C=O) groups excluding carboxylic acids is 2. The molecule has 0 aromatic carbocycles. The molecule has 0 amide bonds. The Morgan fingerprint density at radius 3 is 1.26 bits per heavy atom. The molecule has 0 radical (unpaired) electrons. The fourth-order valence-corrected chi connectivity index (χ4v) is 4.54. The van der Waals surface area contributed by atoms with E-state index in [-0.39, 0.29) is 0 Å². The van der Waals surface area contributed by atoms with Crippen molar-refractivity contribution in [2.24, 2.45) is 0 Å². The SMILES string of the molecule is C=[CH][Sn]([CH]=C)([O]C(=O)C(F)(F)F)[O]C(=O)C(F)(F)F. The van der Waals surface area contributed by atoms with Gasteiger partial charge in [0.1, 0.15) is 0 Å². The van der Waals surface area contributed by atoms with Gasteiger partial charge in [0, 0.05) is 0 Å². The van der Waals surface area contributed by atoms with E-state index in [0.29, 0.717) is 8.18 Å². The van der Waals surface area contributed by atoms with Crippen LogP contribution in [0, 0.1) is 0 Å². The van der Waals surface area contributed by atoms with E-state index in [0.717, 1.165) is 0 Å². The zero-order chi connectivity index (χ0) is 15.5. The number of rotatable bonds is 4. The molecule has 0 aromatic rings. The van der Waals surface area contributed by atoms with Crippen molar-refractivity contribution in [1.29, 1.82) is 0 Å². The van der Waals surface area contributed by atoms with Crippen molar-refractivity contribution in [1.82, 2.24) is 0 Å². The average Bonchev–Trinajstić information content (AvgIpc) is 2.25. The summed E-state index contributed by atoms with van der Waals surface area (Å²) in [5.74, 6) is -5.56. The summed E-state index contributed by atoms with van der Waals surface area (Å²) in [7, 11) is 0. The molecule has 0 unspecified atom stereocenters. The van der Waals surface area contributed by atoms with Gasteiger partial charge >= 0.3 is 107 Å². The van der Waals surface area contributed by atoms with E-state index in [1.807, 2.05) is 0 Å². The van der Waals surface area contributed by atoms with Crippen LogP contribution in [0.3, 0.4) is 0 Å². The molecular formula is C8H6F6O4Sn. The zero-order valence-corrected chi connectivity index (χ0v) is 11.8. The summed E-state index contributed by atoms with van der Waals surface area (Å²) in [4.78, 5) is 21.1. The number of halogens is 6. The van der Waals surface area contributed by atoms with Gasteiger partial charge in [0.05, 0.1) is 0 Å². The molecule has 0 saturated heterocycles. The summed E-state index contributed by atoms with van der Waals surface area (Å²) in [6, 6.07) is 0. The van der Waals surface area contributed by atoms with Crippen molar-refractivity contribution in [3.63, 3.8) is 0 Å². The van der Waals surface area contributed by atoms with Gasteiger partial charge < -0.3 is 0 Å². The molecule has 0 aliphatic rings. The van der Waals surface area contributed by atoms with Crippen LogP contribution in [0.1, 0.15) is 0 Å². The van der Waals surface area contributed by atoms with Gasteiger partial charge in [-0.25, -0.2) is 0 Å². The van der Waals surface area contributed by atoms with Crippen LogP contribution in [0.15, 0.2) is 21.3 Å². The molecule has 0 N–H and O–H groups in total. The Labute approximate surface area is 107 Å². The first-order chi connectivity index (χ1) is 8.38. The van der Waals surface area contributed by atoms with Gasteiger partial charge in [-0.3, -0.25) is 0 Å². The topological polar surface area (TPSA) is 52.6 Å². The second-order valence-corrected chi connectivity index (χ2v) is 10.5. The van der Waals surface area contributed by atoms with Crippen LogP contribution in [-0.2, 0) is 15.7 Å². The summed E-state index contributed by atoms with van der Waals surface area (Å²) in [5, 5.41) is 0. The molecule has 0 rings (SSSR count). The van der Waals surface area contributed by atoms with Gasteiger partial charge in [-0.2, -0.15) is 0 Å². The minimum absolute atomic E-state index is 0.453. The molecular weight excluding hydrogens is 393 g/mol. The van der Waals surface area contributed by atoms with Gasteiger partial charge in [-0.1, -0.05) is 0 Å². The van der Waals surface area contributed by atoms with Crippen molar-refractivity contribution in [3.05, 3.63) is 21.3 Å². The van der Waals surface area contributed by atoms with E-state index in [1.54, 1.807) is 0 Å². The summed E-state index contributed by atoms with van der Waals surface area (Å²) in [5.41, 5.74) is 0. The number of hydrogen-bond acceptors (Lipinski definition) is 4. The Balaban J connectivity index is 5.19. The van der Waals surface area contributed by atoms with E-state index in [4.69, 9.17) is 0 Å². The van der Waals surface area contributed by atoms with Crippen LogP contribution in [0.25, 0.3) is 0 Å². The van der Waals surface area contributed by atoms with E-state index in [9.17, 15) is 35.9 Å². The van der Waals surface area contributed by atoms with Crippen molar-refractivity contribution in [2.45, 2.75) is 12.4 Å². The molecule has 4 nitrogen and oxygen atoms in total. The van der Waals surface area contributed by atoms with Gasteiger partial charge in [0.25, 0.3) is 0 Å². The maximum atomic E-state index is 12.0. The van der Waals surface area contributed by atoms with Gasteiger partial charge in [0.2, 0.25) is 0 Å². The molecule has 11 heteroatoms. The normalized spacial score (nSPS) is 12.5. The predicted octanol–water partition coefficient (Wildman–Crippen LogP) is 2.09. The monoisotopic (exact) mass is 400 g/mol. The van der Waals surface area contributed by atoms with Crippen LogP contribution in [0.4, 0.5) is 26.3 Å². The Hall–Kier alpha value is -1.20. The predicted molar refractivity (Wildman–Crippen MR) is 50.4 cm³/mol. The zero-order valence-electron chi connectivity index (χ0n) is 8.97. The molecule has 0 bridgehead atoms. The summed E-state index contributed by atoms with van der Waals surface area (Å²) < 4.78 is 80.3. The summed E-state index contributed by atoms with van der Waals surface area (Å²) in [6.07, 6.45) is -10.9. The van der Waals surface area contributed by atoms with Crippen LogP contribution >= 0.6 is 0 Å². The van der Waals surface area contributed by atoms with Crippen LogP contribution in [-0.4, -0.2) is 43.5 Å². The summed E-state index contributed by atoms with van der Waals surface area (Å²) >= 11 is -5.54. The molecule has 0 atom stereocenters. The molecule has 0 aromatic heterocycles. The van der Waals surface area contributed by atoms with Crippen LogP contribution < -0.4 is 0 Å². The third-order valence-electron chi connectivity index (χ3n) is 1.54. The Kier molecular flexibility index (Phi) is 5.47. The van der Waals surface area contributed by atoms with E-state index in [1.165, 1.54) is 0 Å². The van der Waals surface area contributed by atoms with Crippen molar-refractivity contribution in [3.8, 4) is 0 Å². The number of hydrogen-bond donors (Lipinski definition) is 0. The Bertz CT molecular complexity index is 361. The maximum absolute atomic E-state index is 12.0. The third-order valence-corrected chi connectivity index (χ3v) is 7.66. The first-order valence-corrected chi connectivity index (χ1v) is 9.88. The van der Waals surface area contributed by atoms with Crippen molar-refractivity contribution in [2.75, 3.05) is 0 Å². The first kappa shape index (κ1) is 17.8.